The number of sulfonamides is 1. The van der Waals surface area contributed by atoms with Gasteiger partial charge in [-0.05, 0) is 67.1 Å². The molecule has 0 spiro atoms. The largest absolute Gasteiger partial charge is 0.328 e. The molecule has 1 amide bonds. The van der Waals surface area contributed by atoms with Gasteiger partial charge in [-0.3, -0.25) is 4.79 Å². The number of amides is 1. The molecule has 3 aromatic rings. The number of anilines is 1. The quantitative estimate of drug-likeness (QED) is 0.460. The molecule has 0 bridgehead atoms. The summed E-state index contributed by atoms with van der Waals surface area (Å²) in [6.45, 7) is 7.37. The first-order valence-electron chi connectivity index (χ1n) is 12.3. The van der Waals surface area contributed by atoms with Gasteiger partial charge in [-0.2, -0.15) is 4.31 Å². The summed E-state index contributed by atoms with van der Waals surface area (Å²) in [4.78, 5) is 17.7. The topological polar surface area (TPSA) is 84.3 Å². The van der Waals surface area contributed by atoms with E-state index >= 15 is 0 Å². The maximum Gasteiger partial charge on any atom is 0.243 e. The molecule has 2 aromatic carbocycles. The molecule has 1 aliphatic rings. The van der Waals surface area contributed by atoms with Crippen LogP contribution in [0.1, 0.15) is 57.0 Å². The molecule has 7 nitrogen and oxygen atoms in total. The molecule has 0 atom stereocenters. The molecule has 4 rings (SSSR count). The first kappa shape index (κ1) is 24.4. The number of carbonyl (C=O) groups is 1. The number of nitrogens with zero attached hydrogens (tertiary/aromatic N) is 3. The minimum Gasteiger partial charge on any atom is -0.328 e. The van der Waals surface area contributed by atoms with Gasteiger partial charge in [0.2, 0.25) is 15.9 Å². The van der Waals surface area contributed by atoms with Crippen LogP contribution in [0.5, 0.6) is 0 Å². The van der Waals surface area contributed by atoms with Crippen LogP contribution in [0, 0.1) is 0 Å². The third-order valence-corrected chi connectivity index (χ3v) is 8.59. The second-order valence-electron chi connectivity index (χ2n) is 8.80. The zero-order valence-corrected chi connectivity index (χ0v) is 21.1. The van der Waals surface area contributed by atoms with Crippen molar-refractivity contribution in [3.63, 3.8) is 0 Å². The number of hydrogen-bond donors (Lipinski definition) is 1. The summed E-state index contributed by atoms with van der Waals surface area (Å²) in [5.74, 6) is 0.760. The lowest BCUT2D eigenvalue weighted by Gasteiger charge is -2.18. The first-order chi connectivity index (χ1) is 16.4. The summed E-state index contributed by atoms with van der Waals surface area (Å²) in [6.07, 6.45) is 5.09. The van der Waals surface area contributed by atoms with E-state index in [0.717, 1.165) is 42.8 Å². The van der Waals surface area contributed by atoms with Crippen molar-refractivity contribution >= 4 is 32.7 Å². The Morgan fingerprint density at radius 3 is 2.56 bits per heavy atom. The fourth-order valence-electron chi connectivity index (χ4n) is 4.79. The van der Waals surface area contributed by atoms with Gasteiger partial charge >= 0.3 is 0 Å². The third-order valence-electron chi connectivity index (χ3n) is 6.55. The van der Waals surface area contributed by atoms with Crippen molar-refractivity contribution in [1.29, 1.82) is 0 Å². The van der Waals surface area contributed by atoms with Crippen LogP contribution in [0.15, 0.2) is 41.3 Å². The number of benzene rings is 2. The summed E-state index contributed by atoms with van der Waals surface area (Å²) >= 11 is 0. The highest BCUT2D eigenvalue weighted by atomic mass is 32.2. The summed E-state index contributed by atoms with van der Waals surface area (Å²) in [6, 6.07) is 11.3. The van der Waals surface area contributed by atoms with Crippen LogP contribution in [0.2, 0.25) is 0 Å². The fraction of sp³-hybridized carbons (Fsp3) is 0.462. The second kappa shape index (κ2) is 10.3. The van der Waals surface area contributed by atoms with E-state index in [0.29, 0.717) is 31.4 Å². The van der Waals surface area contributed by atoms with E-state index in [1.165, 1.54) is 21.9 Å². The molecule has 182 valence electrons. The highest BCUT2D eigenvalue weighted by molar-refractivity contribution is 7.89. The van der Waals surface area contributed by atoms with Crippen LogP contribution in [-0.2, 0) is 40.6 Å². The number of imidazole rings is 1. The highest BCUT2D eigenvalue weighted by Crippen LogP contribution is 2.26. The van der Waals surface area contributed by atoms with Gasteiger partial charge in [-0.1, -0.05) is 26.8 Å². The highest BCUT2D eigenvalue weighted by Gasteiger charge is 2.23. The van der Waals surface area contributed by atoms with Crippen LogP contribution in [0.3, 0.4) is 0 Å². The van der Waals surface area contributed by atoms with Crippen molar-refractivity contribution in [3.8, 4) is 0 Å². The number of fused-ring (bicyclic) bond motifs is 2. The molecule has 0 saturated carbocycles. The number of aryl methyl sites for hydroxylation is 4. The molecule has 1 aromatic heterocycles. The van der Waals surface area contributed by atoms with E-state index in [-0.39, 0.29) is 10.8 Å². The second-order valence-corrected chi connectivity index (χ2v) is 10.7. The van der Waals surface area contributed by atoms with E-state index < -0.39 is 10.0 Å². The summed E-state index contributed by atoms with van der Waals surface area (Å²) in [5.41, 5.74) is 5.11. The van der Waals surface area contributed by atoms with Crippen molar-refractivity contribution in [1.82, 2.24) is 13.9 Å². The molecule has 1 N–H and O–H groups in total. The normalized spacial score (nSPS) is 13.5. The molecular formula is C26H34N4O3S. The van der Waals surface area contributed by atoms with Crippen LogP contribution in [0.25, 0.3) is 11.0 Å². The Kier molecular flexibility index (Phi) is 7.38. The molecular weight excluding hydrogens is 448 g/mol. The number of rotatable bonds is 10. The molecule has 0 saturated heterocycles. The average Bonchev–Trinajstić information content (AvgIpc) is 3.42. The maximum atomic E-state index is 13.0. The Morgan fingerprint density at radius 1 is 1.06 bits per heavy atom. The monoisotopic (exact) mass is 482 g/mol. The lowest BCUT2D eigenvalue weighted by Crippen LogP contribution is -2.30. The summed E-state index contributed by atoms with van der Waals surface area (Å²) in [5, 5.41) is 3.02. The SMILES string of the molecule is CCCn1c(CCC(=O)Nc2ccc3c(c2)CCC3)nc2cc(S(=O)(=O)N(CC)CC)ccc21. The summed E-state index contributed by atoms with van der Waals surface area (Å²) in [7, 11) is -3.55. The standard InChI is InChI=1S/C26H34N4O3S/c1-4-16-30-24-13-12-22(34(32,33)29(5-2)6-3)18-23(24)28-25(30)14-15-26(31)27-21-11-10-19-8-7-9-20(19)17-21/h10-13,17-18H,4-9,14-16H2,1-3H3,(H,27,31). The molecule has 8 heteroatoms. The van der Waals surface area contributed by atoms with Gasteiger partial charge in [0, 0.05) is 38.2 Å². The number of carbonyl (C=O) groups excluding carboxylic acids is 1. The van der Waals surface area contributed by atoms with Crippen molar-refractivity contribution in [2.24, 2.45) is 0 Å². The number of hydrogen-bond acceptors (Lipinski definition) is 4. The van der Waals surface area contributed by atoms with Crippen molar-refractivity contribution in [2.45, 2.75) is 70.7 Å². The zero-order chi connectivity index (χ0) is 24.3. The Morgan fingerprint density at radius 2 is 1.82 bits per heavy atom. The van der Waals surface area contributed by atoms with Crippen LogP contribution < -0.4 is 5.32 Å². The van der Waals surface area contributed by atoms with Gasteiger partial charge in [-0.15, -0.1) is 0 Å². The molecule has 0 fully saturated rings. The van der Waals surface area contributed by atoms with Crippen LogP contribution in [-0.4, -0.2) is 41.3 Å². The fourth-order valence-corrected chi connectivity index (χ4v) is 6.27. The van der Waals surface area contributed by atoms with E-state index in [9.17, 15) is 13.2 Å². The summed E-state index contributed by atoms with van der Waals surface area (Å²) < 4.78 is 29.5. The molecule has 34 heavy (non-hydrogen) atoms. The zero-order valence-electron chi connectivity index (χ0n) is 20.3. The van der Waals surface area contributed by atoms with Gasteiger partial charge in [0.1, 0.15) is 5.82 Å². The number of nitrogens with one attached hydrogen (secondary N) is 1. The van der Waals surface area contributed by atoms with Gasteiger partial charge in [-0.25, -0.2) is 13.4 Å². The number of aromatic nitrogens is 2. The molecule has 1 heterocycles. The average molecular weight is 483 g/mol. The van der Waals surface area contributed by atoms with Gasteiger partial charge in [0.05, 0.1) is 15.9 Å². The first-order valence-corrected chi connectivity index (χ1v) is 13.7. The predicted molar refractivity (Wildman–Crippen MR) is 136 cm³/mol. The van der Waals surface area contributed by atoms with Gasteiger partial charge in [0.25, 0.3) is 0 Å². The smallest absolute Gasteiger partial charge is 0.243 e. The Hall–Kier alpha value is -2.71. The molecule has 0 aliphatic heterocycles. The van der Waals surface area contributed by atoms with E-state index in [1.54, 1.807) is 12.1 Å². The van der Waals surface area contributed by atoms with Gasteiger partial charge in [0.15, 0.2) is 0 Å². The Bertz CT molecular complexity index is 1290. The van der Waals surface area contributed by atoms with Crippen LogP contribution in [0.4, 0.5) is 5.69 Å². The van der Waals surface area contributed by atoms with Gasteiger partial charge < -0.3 is 9.88 Å². The maximum absolute atomic E-state index is 13.0. The van der Waals surface area contributed by atoms with Crippen molar-refractivity contribution < 1.29 is 13.2 Å². The lowest BCUT2D eigenvalue weighted by atomic mass is 10.1. The predicted octanol–water partition coefficient (Wildman–Crippen LogP) is 4.54. The molecule has 1 aliphatic carbocycles. The minimum absolute atomic E-state index is 0.0437. The Labute approximate surface area is 202 Å². The molecule has 0 radical (unpaired) electrons. The van der Waals surface area contributed by atoms with Crippen LogP contribution >= 0.6 is 0 Å². The third kappa shape index (κ3) is 4.88. The Balaban J connectivity index is 1.53. The van der Waals surface area contributed by atoms with Crippen molar-refractivity contribution in [3.05, 3.63) is 53.3 Å². The lowest BCUT2D eigenvalue weighted by molar-refractivity contribution is -0.116. The minimum atomic E-state index is -3.55. The molecule has 0 unspecified atom stereocenters. The van der Waals surface area contributed by atoms with Crippen molar-refractivity contribution in [2.75, 3.05) is 18.4 Å². The van der Waals surface area contributed by atoms with E-state index in [1.807, 2.05) is 26.0 Å². The van der Waals surface area contributed by atoms with E-state index in [4.69, 9.17) is 4.98 Å². The van der Waals surface area contributed by atoms with E-state index in [2.05, 4.69) is 28.9 Å².